The van der Waals surface area contributed by atoms with E-state index in [1.54, 1.807) is 0 Å². The van der Waals surface area contributed by atoms with E-state index in [9.17, 15) is 0 Å². The second-order valence-corrected chi connectivity index (χ2v) is 19.7. The minimum Gasteiger partial charge on any atom is -0.324 e. The molecule has 7 aromatic rings. The fourth-order valence-corrected chi connectivity index (χ4v) is 7.66. The summed E-state index contributed by atoms with van der Waals surface area (Å²) in [6.45, 7) is 26.8. The van der Waals surface area contributed by atoms with Crippen molar-refractivity contribution in [1.29, 1.82) is 0 Å². The molecule has 0 atom stereocenters. The number of nitrogens with one attached hydrogen (secondary N) is 2. The van der Waals surface area contributed by atoms with Gasteiger partial charge in [-0.3, -0.25) is 0 Å². The van der Waals surface area contributed by atoms with Gasteiger partial charge in [-0.05, 0) is 68.2 Å². The average molecular weight is 803 g/mol. The molecule has 4 aromatic carbocycles. The molecule has 8 nitrogen and oxygen atoms in total. The predicted molar refractivity (Wildman–Crippen MR) is 231 cm³/mol. The van der Waals surface area contributed by atoms with Crippen LogP contribution in [0.15, 0.2) is 72.8 Å². The molecule has 2 aliphatic rings. The third kappa shape index (κ3) is 6.65. The van der Waals surface area contributed by atoms with Gasteiger partial charge in [-0.2, -0.15) is 0 Å². The van der Waals surface area contributed by atoms with Crippen molar-refractivity contribution >= 4 is 44.1 Å². The van der Waals surface area contributed by atoms with Crippen LogP contribution in [0.5, 0.6) is 0 Å². The first-order valence-electron chi connectivity index (χ1n) is 19.6. The molecular formula is C48H50CuN8. The van der Waals surface area contributed by atoms with Gasteiger partial charge >= 0.3 is 0 Å². The van der Waals surface area contributed by atoms with Crippen molar-refractivity contribution in [3.05, 3.63) is 95.1 Å². The standard InChI is InChI=1S/C48H50N8.Cu/c1-45(2,3)25-13-17-29-33(21-25)41-50-37(29)49-38-30-18-14-27(47(7,8)9)23-35(30)43(51-38)56-44-36-24-28(48(10,11)12)16-20-32(36)40(55-44)54-42-34-22-26(46(4,5)6)15-19-31(34)39(52-41)53-42;/h13-24H,1-12H3,(H2,49,50,51,52,53,54,55,56);. The molecule has 0 saturated carbocycles. The smallest absolute Gasteiger partial charge is 0.164 e. The summed E-state index contributed by atoms with van der Waals surface area (Å²) < 4.78 is 0. The number of benzene rings is 4. The van der Waals surface area contributed by atoms with Gasteiger partial charge < -0.3 is 9.97 Å². The molecule has 9 rings (SSSR count). The van der Waals surface area contributed by atoms with Crippen molar-refractivity contribution in [2.24, 2.45) is 0 Å². The number of fused-ring (bicyclic) bond motifs is 20. The van der Waals surface area contributed by atoms with Crippen LogP contribution in [0.2, 0.25) is 0 Å². The van der Waals surface area contributed by atoms with Gasteiger partial charge in [0.15, 0.2) is 23.3 Å². The largest absolute Gasteiger partial charge is 0.324 e. The first-order chi connectivity index (χ1) is 26.2. The molecule has 57 heavy (non-hydrogen) atoms. The Balaban J connectivity index is 0.00000455. The number of hydrogen-bond donors (Lipinski definition) is 2. The molecule has 0 unspecified atom stereocenters. The zero-order valence-electron chi connectivity index (χ0n) is 34.9. The Morgan fingerprint density at radius 2 is 0.596 bits per heavy atom. The summed E-state index contributed by atoms with van der Waals surface area (Å²) in [7, 11) is 0. The van der Waals surface area contributed by atoms with Crippen LogP contribution in [0.25, 0.3) is 89.7 Å². The number of H-pyrrole nitrogens is 2. The van der Waals surface area contributed by atoms with Gasteiger partial charge in [0, 0.05) is 60.9 Å². The van der Waals surface area contributed by atoms with Crippen molar-refractivity contribution in [3.63, 3.8) is 0 Å². The second kappa shape index (κ2) is 12.9. The van der Waals surface area contributed by atoms with Crippen LogP contribution < -0.4 is 0 Å². The molecule has 0 aliphatic carbocycles. The van der Waals surface area contributed by atoms with Gasteiger partial charge in [0.25, 0.3) is 0 Å². The maximum absolute atomic E-state index is 5.35. The zero-order chi connectivity index (χ0) is 39.7. The van der Waals surface area contributed by atoms with Crippen molar-refractivity contribution in [1.82, 2.24) is 39.9 Å². The van der Waals surface area contributed by atoms with Gasteiger partial charge in [0.05, 0.1) is 0 Å². The number of aromatic amines is 2. The zero-order valence-corrected chi connectivity index (χ0v) is 35.9. The van der Waals surface area contributed by atoms with E-state index in [2.05, 4.69) is 166 Å². The van der Waals surface area contributed by atoms with Crippen LogP contribution in [-0.4, -0.2) is 39.9 Å². The predicted octanol–water partition coefficient (Wildman–Crippen LogP) is 12.1. The maximum Gasteiger partial charge on any atom is 0.164 e. The summed E-state index contributed by atoms with van der Waals surface area (Å²) in [4.78, 5) is 38.9. The van der Waals surface area contributed by atoms with E-state index < -0.39 is 0 Å². The molecule has 1 radical (unpaired) electrons. The van der Waals surface area contributed by atoms with Gasteiger partial charge in [-0.25, -0.2) is 29.9 Å². The fourth-order valence-electron chi connectivity index (χ4n) is 7.66. The number of rotatable bonds is 0. The Kier molecular flexibility index (Phi) is 8.73. The van der Waals surface area contributed by atoms with Gasteiger partial charge in [0.1, 0.15) is 22.6 Å². The maximum atomic E-state index is 5.35. The van der Waals surface area contributed by atoms with E-state index in [-0.39, 0.29) is 38.7 Å². The molecule has 9 heteroatoms. The molecular weight excluding hydrogens is 752 g/mol. The molecule has 8 bridgehead atoms. The summed E-state index contributed by atoms with van der Waals surface area (Å²) in [6.07, 6.45) is 0. The third-order valence-corrected chi connectivity index (χ3v) is 11.3. The third-order valence-electron chi connectivity index (χ3n) is 11.3. The normalized spacial score (nSPS) is 13.1. The summed E-state index contributed by atoms with van der Waals surface area (Å²) in [5.41, 5.74) is 11.1. The van der Waals surface area contributed by atoms with E-state index in [0.29, 0.717) is 45.9 Å². The Morgan fingerprint density at radius 3 is 0.930 bits per heavy atom. The van der Waals surface area contributed by atoms with Crippen LogP contribution in [0.3, 0.4) is 0 Å². The molecule has 3 aromatic heterocycles. The number of hydrogen-bond acceptors (Lipinski definition) is 6. The van der Waals surface area contributed by atoms with Gasteiger partial charge in [-0.1, -0.05) is 132 Å². The monoisotopic (exact) mass is 801 g/mol. The quantitative estimate of drug-likeness (QED) is 0.148. The molecule has 0 saturated heterocycles. The molecule has 2 N–H and O–H groups in total. The van der Waals surface area contributed by atoms with Crippen molar-refractivity contribution in [3.8, 4) is 45.6 Å². The van der Waals surface area contributed by atoms with E-state index in [4.69, 9.17) is 29.9 Å². The van der Waals surface area contributed by atoms with E-state index in [1.807, 2.05) is 0 Å². The number of nitrogens with zero attached hydrogens (tertiary/aromatic N) is 6. The Morgan fingerprint density at radius 1 is 0.316 bits per heavy atom. The van der Waals surface area contributed by atoms with Crippen molar-refractivity contribution in [2.75, 3.05) is 0 Å². The number of aromatic nitrogens is 8. The molecule has 293 valence electrons. The van der Waals surface area contributed by atoms with Crippen molar-refractivity contribution < 1.29 is 17.1 Å². The SMILES string of the molecule is CC(C)(C)c1ccc2c(c1)-c1nc-2nc2[nH]c(nc3nc(nc4[nH]c(n1)c1ccc(C(C)(C)C)cc41)-c1cc(C(C)(C)C)ccc1-3)c1ccc(C(C)(C)C)cc21.[Cu]. The topological polar surface area (TPSA) is 109 Å². The molecule has 2 aliphatic heterocycles. The summed E-state index contributed by atoms with van der Waals surface area (Å²) in [5.74, 6) is 2.42. The minimum atomic E-state index is -0.0697. The molecule has 0 spiro atoms. The Bertz CT molecular complexity index is 2960. The Hall–Kier alpha value is -5.24. The Labute approximate surface area is 345 Å². The van der Waals surface area contributed by atoms with Gasteiger partial charge in [0.2, 0.25) is 0 Å². The molecule has 5 heterocycles. The molecule has 0 fully saturated rings. The second-order valence-electron chi connectivity index (χ2n) is 19.7. The van der Waals surface area contributed by atoms with Crippen molar-refractivity contribution in [2.45, 2.75) is 105 Å². The van der Waals surface area contributed by atoms with Crippen LogP contribution in [0.1, 0.15) is 105 Å². The van der Waals surface area contributed by atoms with Crippen LogP contribution in [0, 0.1) is 0 Å². The van der Waals surface area contributed by atoms with Crippen LogP contribution in [0.4, 0.5) is 0 Å². The first-order valence-corrected chi connectivity index (χ1v) is 19.6. The fraction of sp³-hybridized carbons (Fsp3) is 0.333. The summed E-state index contributed by atoms with van der Waals surface area (Å²) in [6, 6.07) is 26.3. The van der Waals surface area contributed by atoms with Crippen LogP contribution >= 0.6 is 0 Å². The van der Waals surface area contributed by atoms with E-state index in [0.717, 1.165) is 43.8 Å². The first kappa shape index (κ1) is 38.6. The average Bonchev–Trinajstić information content (AvgIpc) is 3.84. The van der Waals surface area contributed by atoms with Crippen LogP contribution in [-0.2, 0) is 38.7 Å². The van der Waals surface area contributed by atoms with E-state index in [1.165, 1.54) is 22.3 Å². The van der Waals surface area contributed by atoms with Gasteiger partial charge in [-0.15, -0.1) is 0 Å². The summed E-state index contributed by atoms with van der Waals surface area (Å²) in [5, 5.41) is 3.89. The molecule has 0 amide bonds. The minimum absolute atomic E-state index is 0. The van der Waals surface area contributed by atoms with E-state index >= 15 is 0 Å². The summed E-state index contributed by atoms with van der Waals surface area (Å²) >= 11 is 0.